The first-order valence-electron chi connectivity index (χ1n) is 11.7. The Kier molecular flexibility index (Phi) is 7.90. The smallest absolute Gasteiger partial charge is 0.325 e. The van der Waals surface area contributed by atoms with Crippen molar-refractivity contribution in [3.8, 4) is 0 Å². The molecular weight excluding hydrogens is 442 g/mol. The zero-order valence-electron chi connectivity index (χ0n) is 19.7. The summed E-state index contributed by atoms with van der Waals surface area (Å²) in [5, 5.41) is 3.31. The summed E-state index contributed by atoms with van der Waals surface area (Å²) < 4.78 is 4.85. The summed E-state index contributed by atoms with van der Waals surface area (Å²) in [4.78, 5) is 42.4. The summed E-state index contributed by atoms with van der Waals surface area (Å²) in [6.07, 6.45) is 0.898. The second-order valence-corrected chi connectivity index (χ2v) is 8.40. The average molecular weight is 472 g/mol. The molecule has 0 bridgehead atoms. The Morgan fingerprint density at radius 3 is 2.14 bits per heavy atom. The topological polar surface area (TPSA) is 79.0 Å². The summed E-state index contributed by atoms with van der Waals surface area (Å²) in [7, 11) is 1.29. The van der Waals surface area contributed by atoms with Gasteiger partial charge >= 0.3 is 5.97 Å². The van der Waals surface area contributed by atoms with Gasteiger partial charge in [0.05, 0.1) is 25.0 Å². The number of hydrogen-bond acceptors (Lipinski definition) is 5. The van der Waals surface area contributed by atoms with E-state index in [1.165, 1.54) is 12.0 Å². The lowest BCUT2D eigenvalue weighted by Gasteiger charge is -2.25. The normalized spacial score (nSPS) is 15.3. The van der Waals surface area contributed by atoms with E-state index in [-0.39, 0.29) is 24.9 Å². The van der Waals surface area contributed by atoms with Gasteiger partial charge in [-0.1, -0.05) is 72.8 Å². The molecule has 0 fully saturated rings. The van der Waals surface area contributed by atoms with Crippen molar-refractivity contribution in [3.63, 3.8) is 0 Å². The van der Waals surface area contributed by atoms with Crippen molar-refractivity contribution in [1.29, 1.82) is 0 Å². The first kappa shape index (κ1) is 24.2. The highest BCUT2D eigenvalue weighted by molar-refractivity contribution is 6.08. The second kappa shape index (κ2) is 11.4. The van der Waals surface area contributed by atoms with Crippen LogP contribution in [0.1, 0.15) is 17.5 Å². The van der Waals surface area contributed by atoms with Crippen LogP contribution in [0.2, 0.25) is 0 Å². The number of nitrogens with zero attached hydrogens (tertiary/aromatic N) is 2. The summed E-state index contributed by atoms with van der Waals surface area (Å²) in [5.74, 6) is -0.892. The number of hydrogen-bond donors (Lipinski definition) is 1. The van der Waals surface area contributed by atoms with Gasteiger partial charge < -0.3 is 15.0 Å². The van der Waals surface area contributed by atoms with E-state index in [9.17, 15) is 14.4 Å². The van der Waals surface area contributed by atoms with Gasteiger partial charge in [-0.05, 0) is 29.7 Å². The predicted octanol–water partition coefficient (Wildman–Crippen LogP) is 3.33. The number of ether oxygens (including phenoxy) is 1. The minimum Gasteiger partial charge on any atom is -0.468 e. The van der Waals surface area contributed by atoms with E-state index in [0.717, 1.165) is 11.1 Å². The predicted molar refractivity (Wildman–Crippen MR) is 135 cm³/mol. The van der Waals surface area contributed by atoms with Crippen LogP contribution in [0.4, 0.5) is 11.4 Å². The molecule has 0 aliphatic carbocycles. The summed E-state index contributed by atoms with van der Waals surface area (Å²) >= 11 is 0. The Morgan fingerprint density at radius 2 is 1.49 bits per heavy atom. The molecule has 1 aliphatic heterocycles. The maximum atomic E-state index is 13.6. The van der Waals surface area contributed by atoms with Crippen molar-refractivity contribution >= 4 is 29.2 Å². The third kappa shape index (κ3) is 5.94. The Balaban J connectivity index is 1.63. The number of anilines is 2. The average Bonchev–Trinajstić information content (AvgIpc) is 3.02. The molecule has 0 aromatic heterocycles. The molecular formula is C28H29N3O4. The maximum Gasteiger partial charge on any atom is 0.325 e. The molecule has 35 heavy (non-hydrogen) atoms. The molecule has 1 aliphatic rings. The van der Waals surface area contributed by atoms with Crippen LogP contribution in [0, 0.1) is 0 Å². The largest absolute Gasteiger partial charge is 0.468 e. The number of amides is 2. The highest BCUT2D eigenvalue weighted by Gasteiger charge is 2.36. The van der Waals surface area contributed by atoms with Crippen LogP contribution in [0.25, 0.3) is 0 Å². The van der Waals surface area contributed by atoms with Gasteiger partial charge in [-0.3, -0.25) is 19.3 Å². The van der Waals surface area contributed by atoms with Gasteiger partial charge in [0.15, 0.2) is 0 Å². The lowest BCUT2D eigenvalue weighted by molar-refractivity contribution is -0.140. The number of para-hydroxylation sites is 2. The molecule has 1 N–H and O–H groups in total. The monoisotopic (exact) mass is 471 g/mol. The molecule has 1 unspecified atom stereocenters. The van der Waals surface area contributed by atoms with E-state index in [0.29, 0.717) is 30.8 Å². The van der Waals surface area contributed by atoms with Gasteiger partial charge in [0.2, 0.25) is 11.8 Å². The van der Waals surface area contributed by atoms with Crippen molar-refractivity contribution in [3.05, 3.63) is 96.1 Å². The molecule has 0 spiro atoms. The number of benzene rings is 3. The lowest BCUT2D eigenvalue weighted by Crippen LogP contribution is -2.51. The molecule has 3 aromatic carbocycles. The van der Waals surface area contributed by atoms with E-state index >= 15 is 0 Å². The molecule has 7 nitrogen and oxygen atoms in total. The molecule has 1 heterocycles. The minimum absolute atomic E-state index is 0.0828. The van der Waals surface area contributed by atoms with Crippen molar-refractivity contribution in [2.45, 2.75) is 25.4 Å². The van der Waals surface area contributed by atoms with Crippen LogP contribution in [0.3, 0.4) is 0 Å². The molecule has 2 amide bonds. The van der Waals surface area contributed by atoms with Gasteiger partial charge in [-0.25, -0.2) is 0 Å². The first-order valence-corrected chi connectivity index (χ1v) is 11.7. The van der Waals surface area contributed by atoms with Crippen LogP contribution in [-0.4, -0.2) is 44.0 Å². The van der Waals surface area contributed by atoms with E-state index in [1.54, 1.807) is 17.0 Å². The standard InChI is InChI=1S/C28H29N3O4/c1-35-27(33)20-31-25-15-9-8-14-24(25)30(26(32)17-16-21-10-4-2-5-11-21)19-23(28(31)34)29-18-22-12-6-3-7-13-22/h2-15,23,29H,16-20H2,1H3. The van der Waals surface area contributed by atoms with Crippen LogP contribution in [0.15, 0.2) is 84.9 Å². The summed E-state index contributed by atoms with van der Waals surface area (Å²) in [5.41, 5.74) is 3.21. The number of methoxy groups -OCH3 is 1. The quantitative estimate of drug-likeness (QED) is 0.510. The molecule has 3 aromatic rings. The number of aryl methyl sites for hydroxylation is 1. The second-order valence-electron chi connectivity index (χ2n) is 8.40. The van der Waals surface area contributed by atoms with Gasteiger partial charge in [-0.15, -0.1) is 0 Å². The Morgan fingerprint density at radius 1 is 0.886 bits per heavy atom. The van der Waals surface area contributed by atoms with E-state index in [1.807, 2.05) is 72.8 Å². The van der Waals surface area contributed by atoms with Crippen molar-refractivity contribution in [1.82, 2.24) is 5.32 Å². The SMILES string of the molecule is COC(=O)CN1C(=O)C(NCc2ccccc2)CN(C(=O)CCc2ccccc2)c2ccccc21. The van der Waals surface area contributed by atoms with Gasteiger partial charge in [0.1, 0.15) is 12.6 Å². The lowest BCUT2D eigenvalue weighted by atomic mass is 10.1. The van der Waals surface area contributed by atoms with Crippen molar-refractivity contribution < 1.29 is 19.1 Å². The Hall–Kier alpha value is -3.97. The van der Waals surface area contributed by atoms with Gasteiger partial charge in [0, 0.05) is 13.0 Å². The van der Waals surface area contributed by atoms with Crippen LogP contribution in [-0.2, 0) is 32.1 Å². The zero-order valence-corrected chi connectivity index (χ0v) is 19.7. The number of carbonyl (C=O) groups excluding carboxylic acids is 3. The van der Waals surface area contributed by atoms with Crippen LogP contribution < -0.4 is 15.1 Å². The van der Waals surface area contributed by atoms with Crippen molar-refractivity contribution in [2.24, 2.45) is 0 Å². The van der Waals surface area contributed by atoms with E-state index in [2.05, 4.69) is 5.32 Å². The molecule has 0 saturated heterocycles. The number of carbonyl (C=O) groups is 3. The fraction of sp³-hybridized carbons (Fsp3) is 0.250. The van der Waals surface area contributed by atoms with E-state index < -0.39 is 12.0 Å². The Bertz CT molecular complexity index is 1170. The third-order valence-electron chi connectivity index (χ3n) is 6.07. The first-order chi connectivity index (χ1) is 17.1. The van der Waals surface area contributed by atoms with Crippen LogP contribution >= 0.6 is 0 Å². The fourth-order valence-corrected chi connectivity index (χ4v) is 4.20. The summed E-state index contributed by atoms with van der Waals surface area (Å²) in [6, 6.07) is 26.1. The number of fused-ring (bicyclic) bond motifs is 1. The van der Waals surface area contributed by atoms with Gasteiger partial charge in [0.25, 0.3) is 0 Å². The number of nitrogens with one attached hydrogen (secondary N) is 1. The molecule has 0 radical (unpaired) electrons. The molecule has 7 heteroatoms. The van der Waals surface area contributed by atoms with Crippen molar-refractivity contribution in [2.75, 3.05) is 30.0 Å². The Labute approximate surface area is 205 Å². The number of esters is 1. The highest BCUT2D eigenvalue weighted by Crippen LogP contribution is 2.33. The molecule has 4 rings (SSSR count). The zero-order chi connectivity index (χ0) is 24.6. The van der Waals surface area contributed by atoms with E-state index in [4.69, 9.17) is 4.74 Å². The fourth-order valence-electron chi connectivity index (χ4n) is 4.20. The molecule has 0 saturated carbocycles. The summed E-state index contributed by atoms with van der Waals surface area (Å²) in [6.45, 7) is 0.377. The third-order valence-corrected chi connectivity index (χ3v) is 6.07. The highest BCUT2D eigenvalue weighted by atomic mass is 16.5. The molecule has 180 valence electrons. The van der Waals surface area contributed by atoms with Gasteiger partial charge in [-0.2, -0.15) is 0 Å². The molecule has 1 atom stereocenters. The van der Waals surface area contributed by atoms with Crippen LogP contribution in [0.5, 0.6) is 0 Å². The number of rotatable bonds is 8. The maximum absolute atomic E-state index is 13.6. The minimum atomic E-state index is -0.701.